The highest BCUT2D eigenvalue weighted by Crippen LogP contribution is 2.70. The van der Waals surface area contributed by atoms with Gasteiger partial charge in [-0.3, -0.25) is 0 Å². The van der Waals surface area contributed by atoms with Gasteiger partial charge in [-0.1, -0.05) is 87.9 Å². The molecule has 1 aromatic carbocycles. The van der Waals surface area contributed by atoms with Gasteiger partial charge in [0.1, 0.15) is 0 Å². The van der Waals surface area contributed by atoms with E-state index in [2.05, 4.69) is 87.1 Å². The summed E-state index contributed by atoms with van der Waals surface area (Å²) in [4.78, 5) is 0. The summed E-state index contributed by atoms with van der Waals surface area (Å²) in [5.41, 5.74) is 16.5. The third kappa shape index (κ3) is 3.17. The Morgan fingerprint density at radius 2 is 1.68 bits per heavy atom. The van der Waals surface area contributed by atoms with Crippen LogP contribution in [0.1, 0.15) is 96.9 Å². The highest BCUT2D eigenvalue weighted by atomic mass is 14.6. The molecule has 1 aromatic rings. The van der Waals surface area contributed by atoms with Gasteiger partial charge in [0.25, 0.3) is 0 Å². The minimum atomic E-state index is -0.0969. The fraction of sp³-hybridized carbons (Fsp3) is 0.471. The average molecular weight is 453 g/mol. The number of hydrogen-bond acceptors (Lipinski definition) is 0. The van der Waals surface area contributed by atoms with Crippen molar-refractivity contribution >= 4 is 11.6 Å². The highest BCUT2D eigenvalue weighted by Gasteiger charge is 2.59. The van der Waals surface area contributed by atoms with Crippen molar-refractivity contribution in [1.82, 2.24) is 0 Å². The van der Waals surface area contributed by atoms with Crippen molar-refractivity contribution in [2.75, 3.05) is 0 Å². The molecule has 0 saturated carbocycles. The van der Waals surface area contributed by atoms with E-state index in [0.717, 1.165) is 31.3 Å². The summed E-state index contributed by atoms with van der Waals surface area (Å²) in [5.74, 6) is 0. The molecule has 0 spiro atoms. The molecule has 0 aromatic heterocycles. The van der Waals surface area contributed by atoms with E-state index >= 15 is 0 Å². The minimum Gasteiger partial charge on any atom is -0.0955 e. The third-order valence-corrected chi connectivity index (χ3v) is 9.82. The monoisotopic (exact) mass is 452 g/mol. The average Bonchev–Trinajstić information content (AvgIpc) is 2.72. The van der Waals surface area contributed by atoms with Crippen LogP contribution >= 0.6 is 0 Å². The molecular formula is C34H44. The number of aryl methyl sites for hydroxylation is 1. The normalized spacial score (nSPS) is 31.4. The third-order valence-electron chi connectivity index (χ3n) is 9.82. The van der Waals surface area contributed by atoms with Crippen molar-refractivity contribution < 1.29 is 0 Å². The van der Waals surface area contributed by atoms with Crippen molar-refractivity contribution in [2.45, 2.75) is 88.0 Å². The first-order valence-electron chi connectivity index (χ1n) is 13.0. The summed E-state index contributed by atoms with van der Waals surface area (Å²) in [7, 11) is 0. The Bertz CT molecular complexity index is 1240. The van der Waals surface area contributed by atoms with Crippen molar-refractivity contribution in [3.63, 3.8) is 0 Å². The summed E-state index contributed by atoms with van der Waals surface area (Å²) in [6, 6.07) is 4.62. The topological polar surface area (TPSA) is 0 Å². The molecule has 0 unspecified atom stereocenters. The molecule has 0 radical (unpaired) electrons. The highest BCUT2D eigenvalue weighted by molar-refractivity contribution is 5.88. The summed E-state index contributed by atoms with van der Waals surface area (Å²) in [6.07, 6.45) is 6.80. The molecule has 0 heteroatoms. The molecule has 0 fully saturated rings. The molecule has 0 amide bonds. The lowest BCUT2D eigenvalue weighted by atomic mass is 9.41. The predicted octanol–water partition coefficient (Wildman–Crippen LogP) is 9.97. The molecular weight excluding hydrogens is 408 g/mol. The summed E-state index contributed by atoms with van der Waals surface area (Å²) in [6.45, 7) is 34.9. The molecule has 0 nitrogen and oxygen atoms in total. The molecule has 0 bridgehead atoms. The molecule has 0 N–H and O–H groups in total. The Balaban J connectivity index is 2.01. The van der Waals surface area contributed by atoms with Crippen LogP contribution in [0.25, 0.3) is 11.6 Å². The van der Waals surface area contributed by atoms with Gasteiger partial charge in [-0.25, -0.2) is 0 Å². The van der Waals surface area contributed by atoms with E-state index in [9.17, 15) is 0 Å². The van der Waals surface area contributed by atoms with Crippen LogP contribution in [0.3, 0.4) is 0 Å². The Labute approximate surface area is 208 Å². The van der Waals surface area contributed by atoms with E-state index in [4.69, 9.17) is 13.2 Å². The first-order chi connectivity index (χ1) is 15.7. The van der Waals surface area contributed by atoms with Crippen LogP contribution < -0.4 is 0 Å². The molecule has 34 heavy (non-hydrogen) atoms. The molecule has 3 atom stereocenters. The summed E-state index contributed by atoms with van der Waals surface area (Å²) < 4.78 is 0. The molecule has 0 saturated heterocycles. The molecule has 0 aliphatic heterocycles. The van der Waals surface area contributed by atoms with Crippen LogP contribution in [0.2, 0.25) is 0 Å². The Morgan fingerprint density at radius 3 is 2.26 bits per heavy atom. The predicted molar refractivity (Wildman–Crippen MR) is 151 cm³/mol. The van der Waals surface area contributed by atoms with Gasteiger partial charge < -0.3 is 0 Å². The molecule has 0 heterocycles. The number of hydrogen-bond donors (Lipinski definition) is 0. The largest absolute Gasteiger partial charge is 0.0955 e. The lowest BCUT2D eigenvalue weighted by molar-refractivity contribution is 0.0544. The quantitative estimate of drug-likeness (QED) is 0.428. The van der Waals surface area contributed by atoms with Crippen molar-refractivity contribution in [1.29, 1.82) is 0 Å². The smallest absolute Gasteiger partial charge is 0.0194 e. The van der Waals surface area contributed by atoms with E-state index in [1.807, 2.05) is 0 Å². The van der Waals surface area contributed by atoms with E-state index in [1.165, 1.54) is 61.3 Å². The maximum Gasteiger partial charge on any atom is 0.0194 e. The number of benzene rings is 1. The van der Waals surface area contributed by atoms with Crippen LogP contribution in [-0.4, -0.2) is 0 Å². The lowest BCUT2D eigenvalue weighted by Crippen LogP contribution is -2.52. The van der Waals surface area contributed by atoms with Gasteiger partial charge >= 0.3 is 0 Å². The molecule has 180 valence electrons. The zero-order valence-electron chi connectivity index (χ0n) is 23.2. The zero-order valence-corrected chi connectivity index (χ0v) is 23.2. The second-order valence-electron chi connectivity index (χ2n) is 12.3. The second kappa shape index (κ2) is 7.84. The van der Waals surface area contributed by atoms with Crippen molar-refractivity contribution in [2.24, 2.45) is 16.2 Å². The molecule has 3 aliphatic carbocycles. The fourth-order valence-corrected chi connectivity index (χ4v) is 8.07. The Hall–Kier alpha value is -2.34. The number of fused-ring (bicyclic) bond motifs is 3. The Morgan fingerprint density at radius 1 is 1.03 bits per heavy atom. The van der Waals surface area contributed by atoms with Gasteiger partial charge in [-0.05, 0) is 116 Å². The second-order valence-corrected chi connectivity index (χ2v) is 12.3. The van der Waals surface area contributed by atoms with Crippen molar-refractivity contribution in [3.8, 4) is 0 Å². The van der Waals surface area contributed by atoms with E-state index in [1.54, 1.807) is 0 Å². The SMILES string of the molecule is C=C(C)C1=C(C)C[C@@]2(C)C[C@@]3(C)Cc4c(/C=C(\C)CC)ccc(C)c4C(=C)C3=C(C)[C@@]2(C)C1=C. The van der Waals surface area contributed by atoms with Gasteiger partial charge in [0, 0.05) is 5.41 Å². The first-order valence-corrected chi connectivity index (χ1v) is 13.0. The van der Waals surface area contributed by atoms with E-state index in [-0.39, 0.29) is 16.2 Å². The van der Waals surface area contributed by atoms with E-state index < -0.39 is 0 Å². The maximum atomic E-state index is 4.78. The van der Waals surface area contributed by atoms with Crippen LogP contribution in [0, 0.1) is 23.2 Å². The standard InChI is InChI=1S/C34H44/c1-13-21(4)16-27-15-14-22(5)30-24(7)31-26(9)34(12)25(8)29(20(2)3)23(6)17-33(34,11)19-32(31,10)18-28(27)30/h14-16H,2,7-8,13,17-19H2,1,3-6,9-12H3/b21-16+/t32-,33+,34-/m1/s1. The molecule has 4 rings (SSSR count). The lowest BCUT2D eigenvalue weighted by Gasteiger charge is -2.62. The maximum absolute atomic E-state index is 4.78. The van der Waals surface area contributed by atoms with Crippen LogP contribution in [0.15, 0.2) is 70.9 Å². The number of allylic oxidation sites excluding steroid dienone is 8. The number of rotatable bonds is 3. The Kier molecular flexibility index (Phi) is 5.71. The first kappa shape index (κ1) is 24.8. The van der Waals surface area contributed by atoms with Gasteiger partial charge in [-0.2, -0.15) is 0 Å². The summed E-state index contributed by atoms with van der Waals surface area (Å²) in [5, 5.41) is 0. The zero-order chi connectivity index (χ0) is 25.4. The fourth-order valence-electron chi connectivity index (χ4n) is 8.07. The van der Waals surface area contributed by atoms with E-state index in [0.29, 0.717) is 0 Å². The van der Waals surface area contributed by atoms with Crippen LogP contribution in [-0.2, 0) is 6.42 Å². The summed E-state index contributed by atoms with van der Waals surface area (Å²) >= 11 is 0. The van der Waals surface area contributed by atoms with Gasteiger partial charge in [0.15, 0.2) is 0 Å². The van der Waals surface area contributed by atoms with Gasteiger partial charge in [0.2, 0.25) is 0 Å². The molecule has 3 aliphatic rings. The van der Waals surface area contributed by atoms with Gasteiger partial charge in [0.05, 0.1) is 0 Å². The van der Waals surface area contributed by atoms with Crippen LogP contribution in [0.5, 0.6) is 0 Å². The van der Waals surface area contributed by atoms with Gasteiger partial charge in [-0.15, -0.1) is 0 Å². The van der Waals surface area contributed by atoms with Crippen molar-refractivity contribution in [3.05, 3.63) is 93.1 Å². The minimum absolute atomic E-state index is 0.0697. The van der Waals surface area contributed by atoms with Crippen LogP contribution in [0.4, 0.5) is 0 Å².